The molecule has 4 heteroatoms. The van der Waals surface area contributed by atoms with Crippen LogP contribution < -0.4 is 5.73 Å². The molecule has 0 bridgehead atoms. The van der Waals surface area contributed by atoms with Crippen LogP contribution in [-0.2, 0) is 13.5 Å². The van der Waals surface area contributed by atoms with E-state index >= 15 is 0 Å². The molecule has 1 aliphatic carbocycles. The first kappa shape index (κ1) is 8.72. The Morgan fingerprint density at radius 3 is 3.23 bits per heavy atom. The van der Waals surface area contributed by atoms with Crippen molar-refractivity contribution in [2.45, 2.75) is 18.9 Å². The lowest BCUT2D eigenvalue weighted by Crippen LogP contribution is -2.25. The van der Waals surface area contributed by atoms with Crippen molar-refractivity contribution in [1.82, 2.24) is 9.78 Å². The van der Waals surface area contributed by atoms with Crippen LogP contribution in [0.25, 0.3) is 0 Å². The van der Waals surface area contributed by atoms with E-state index in [9.17, 15) is 5.11 Å². The molecule has 13 heavy (non-hydrogen) atoms. The third-order valence-electron chi connectivity index (χ3n) is 2.82. The number of aryl methyl sites for hydroxylation is 1. The van der Waals surface area contributed by atoms with Crippen LogP contribution in [0.3, 0.4) is 0 Å². The van der Waals surface area contributed by atoms with Gasteiger partial charge >= 0.3 is 0 Å². The molecule has 0 radical (unpaired) electrons. The molecule has 2 rings (SSSR count). The lowest BCUT2D eigenvalue weighted by Gasteiger charge is -2.25. The summed E-state index contributed by atoms with van der Waals surface area (Å²) in [6, 6.07) is 0. The second kappa shape index (κ2) is 3.12. The zero-order valence-electron chi connectivity index (χ0n) is 7.77. The smallest absolute Gasteiger partial charge is 0.0826 e. The third kappa shape index (κ3) is 1.36. The van der Waals surface area contributed by atoms with E-state index in [1.165, 1.54) is 0 Å². The molecule has 1 aromatic heterocycles. The zero-order valence-corrected chi connectivity index (χ0v) is 7.77. The molecule has 0 fully saturated rings. The number of hydrogen-bond acceptors (Lipinski definition) is 3. The maximum absolute atomic E-state index is 9.77. The van der Waals surface area contributed by atoms with E-state index in [4.69, 9.17) is 5.73 Å². The molecule has 4 nitrogen and oxygen atoms in total. The topological polar surface area (TPSA) is 64.1 Å². The van der Waals surface area contributed by atoms with E-state index in [-0.39, 0.29) is 6.10 Å². The largest absolute Gasteiger partial charge is 0.388 e. The van der Waals surface area contributed by atoms with Crippen molar-refractivity contribution in [3.8, 4) is 0 Å². The van der Waals surface area contributed by atoms with Crippen LogP contribution in [-0.4, -0.2) is 21.4 Å². The standard InChI is InChI=1S/C9H15N3O/c1-12-8-2-6(4-10)3-9(13)7(8)5-11-12/h5-6,9,13H,2-4,10H2,1H3. The summed E-state index contributed by atoms with van der Waals surface area (Å²) in [4.78, 5) is 0. The second-order valence-corrected chi connectivity index (χ2v) is 3.73. The minimum absolute atomic E-state index is 0.369. The number of aliphatic hydroxyl groups excluding tert-OH is 1. The van der Waals surface area contributed by atoms with E-state index in [0.717, 1.165) is 24.1 Å². The quantitative estimate of drug-likeness (QED) is 0.639. The molecule has 2 unspecified atom stereocenters. The van der Waals surface area contributed by atoms with Crippen molar-refractivity contribution >= 4 is 0 Å². The van der Waals surface area contributed by atoms with Crippen LogP contribution in [0.5, 0.6) is 0 Å². The summed E-state index contributed by atoms with van der Waals surface area (Å²) in [5, 5.41) is 13.9. The maximum atomic E-state index is 9.77. The van der Waals surface area contributed by atoms with Crippen molar-refractivity contribution < 1.29 is 5.11 Å². The Labute approximate surface area is 77.4 Å². The summed E-state index contributed by atoms with van der Waals surface area (Å²) >= 11 is 0. The molecule has 0 aliphatic heterocycles. The van der Waals surface area contributed by atoms with Gasteiger partial charge in [-0.1, -0.05) is 0 Å². The van der Waals surface area contributed by atoms with Gasteiger partial charge < -0.3 is 10.8 Å². The Morgan fingerprint density at radius 1 is 1.77 bits per heavy atom. The fraction of sp³-hybridized carbons (Fsp3) is 0.667. The minimum atomic E-state index is -0.369. The summed E-state index contributed by atoms with van der Waals surface area (Å²) < 4.78 is 1.83. The van der Waals surface area contributed by atoms with Gasteiger partial charge in [-0.2, -0.15) is 5.10 Å². The maximum Gasteiger partial charge on any atom is 0.0826 e. The van der Waals surface area contributed by atoms with Crippen LogP contribution in [0.1, 0.15) is 23.8 Å². The Kier molecular flexibility index (Phi) is 2.09. The van der Waals surface area contributed by atoms with Crippen molar-refractivity contribution in [3.05, 3.63) is 17.5 Å². The summed E-state index contributed by atoms with van der Waals surface area (Å²) in [6.45, 7) is 0.641. The van der Waals surface area contributed by atoms with Gasteiger partial charge in [0, 0.05) is 18.3 Å². The van der Waals surface area contributed by atoms with Gasteiger partial charge in [0.05, 0.1) is 12.3 Å². The fourth-order valence-corrected chi connectivity index (χ4v) is 1.99. The number of nitrogens with two attached hydrogens (primary N) is 1. The highest BCUT2D eigenvalue weighted by atomic mass is 16.3. The highest BCUT2D eigenvalue weighted by Crippen LogP contribution is 2.31. The Morgan fingerprint density at radius 2 is 2.54 bits per heavy atom. The number of aliphatic hydroxyl groups is 1. The second-order valence-electron chi connectivity index (χ2n) is 3.73. The van der Waals surface area contributed by atoms with E-state index in [0.29, 0.717) is 12.5 Å². The molecule has 3 N–H and O–H groups in total. The molecule has 72 valence electrons. The van der Waals surface area contributed by atoms with Crippen molar-refractivity contribution in [2.75, 3.05) is 6.54 Å². The first-order chi connectivity index (χ1) is 6.22. The van der Waals surface area contributed by atoms with E-state index in [1.807, 2.05) is 11.7 Å². The number of hydrogen-bond donors (Lipinski definition) is 2. The molecule has 0 spiro atoms. The van der Waals surface area contributed by atoms with Crippen LogP contribution in [0, 0.1) is 5.92 Å². The molecule has 1 aromatic rings. The van der Waals surface area contributed by atoms with Crippen LogP contribution >= 0.6 is 0 Å². The molecule has 0 saturated heterocycles. The van der Waals surface area contributed by atoms with Crippen molar-refractivity contribution in [2.24, 2.45) is 18.7 Å². The molecule has 1 heterocycles. The van der Waals surface area contributed by atoms with Crippen LogP contribution in [0.4, 0.5) is 0 Å². The van der Waals surface area contributed by atoms with Gasteiger partial charge in [-0.05, 0) is 25.3 Å². The summed E-state index contributed by atoms with van der Waals surface area (Å²) in [5.74, 6) is 0.401. The number of rotatable bonds is 1. The highest BCUT2D eigenvalue weighted by molar-refractivity contribution is 5.24. The van der Waals surface area contributed by atoms with Gasteiger partial charge in [-0.3, -0.25) is 4.68 Å². The van der Waals surface area contributed by atoms with Gasteiger partial charge in [0.1, 0.15) is 0 Å². The molecule has 1 aliphatic rings. The van der Waals surface area contributed by atoms with Gasteiger partial charge in [-0.15, -0.1) is 0 Å². The van der Waals surface area contributed by atoms with Crippen LogP contribution in [0.15, 0.2) is 6.20 Å². The number of aromatic nitrogens is 2. The van der Waals surface area contributed by atoms with Gasteiger partial charge in [0.2, 0.25) is 0 Å². The molecular formula is C9H15N3O. The molecule has 0 aromatic carbocycles. The number of nitrogens with zero attached hydrogens (tertiary/aromatic N) is 2. The van der Waals surface area contributed by atoms with Crippen LogP contribution in [0.2, 0.25) is 0 Å². The normalized spacial score (nSPS) is 27.3. The Hall–Kier alpha value is -0.870. The lowest BCUT2D eigenvalue weighted by molar-refractivity contribution is 0.132. The SMILES string of the molecule is Cn1ncc2c1CC(CN)CC2O. The first-order valence-corrected chi connectivity index (χ1v) is 4.61. The van der Waals surface area contributed by atoms with Gasteiger partial charge in [0.15, 0.2) is 0 Å². The average molecular weight is 181 g/mol. The predicted octanol–water partition coefficient (Wildman–Crippen LogP) is -0.0254. The third-order valence-corrected chi connectivity index (χ3v) is 2.82. The summed E-state index contributed by atoms with van der Waals surface area (Å²) in [6.07, 6.45) is 3.10. The summed E-state index contributed by atoms with van der Waals surface area (Å²) in [5.41, 5.74) is 7.71. The average Bonchev–Trinajstić information content (AvgIpc) is 2.48. The van der Waals surface area contributed by atoms with E-state index < -0.39 is 0 Å². The van der Waals surface area contributed by atoms with Crippen molar-refractivity contribution in [3.63, 3.8) is 0 Å². The Balaban J connectivity index is 2.33. The monoisotopic (exact) mass is 181 g/mol. The predicted molar refractivity (Wildman–Crippen MR) is 49.0 cm³/mol. The van der Waals surface area contributed by atoms with E-state index in [2.05, 4.69) is 5.10 Å². The van der Waals surface area contributed by atoms with Gasteiger partial charge in [0.25, 0.3) is 0 Å². The van der Waals surface area contributed by atoms with E-state index in [1.54, 1.807) is 6.20 Å². The minimum Gasteiger partial charge on any atom is -0.388 e. The van der Waals surface area contributed by atoms with Crippen molar-refractivity contribution in [1.29, 1.82) is 0 Å². The molecule has 0 saturated carbocycles. The lowest BCUT2D eigenvalue weighted by atomic mass is 9.86. The van der Waals surface area contributed by atoms with Gasteiger partial charge in [-0.25, -0.2) is 0 Å². The zero-order chi connectivity index (χ0) is 9.42. The fourth-order valence-electron chi connectivity index (χ4n) is 1.99. The summed E-state index contributed by atoms with van der Waals surface area (Å²) in [7, 11) is 1.91. The first-order valence-electron chi connectivity index (χ1n) is 4.61. The molecule has 0 amide bonds. The molecular weight excluding hydrogens is 166 g/mol. The Bertz CT molecular complexity index is 308. The molecule has 2 atom stereocenters. The number of fused-ring (bicyclic) bond motifs is 1. The highest BCUT2D eigenvalue weighted by Gasteiger charge is 2.27.